The van der Waals surface area contributed by atoms with Gasteiger partial charge < -0.3 is 26.6 Å². The normalized spacial score (nSPS) is 18.3. The number of nitrogens with zero attached hydrogens (tertiary/aromatic N) is 3. The van der Waals surface area contributed by atoms with E-state index in [1.54, 1.807) is 27.8 Å². The van der Waals surface area contributed by atoms with E-state index in [-0.39, 0.29) is 53.4 Å². The van der Waals surface area contributed by atoms with Gasteiger partial charge in [0.15, 0.2) is 0 Å². The molecule has 0 radical (unpaired) electrons. The quantitative estimate of drug-likeness (QED) is 0.219. The minimum atomic E-state index is -0.496. The summed E-state index contributed by atoms with van der Waals surface area (Å²) in [6.45, 7) is 5.55. The Morgan fingerprint density at radius 1 is 0.878 bits per heavy atom. The average molecular weight is 702 g/mol. The maximum absolute atomic E-state index is 13.6. The fourth-order valence-corrected chi connectivity index (χ4v) is 7.38. The second-order valence-corrected chi connectivity index (χ2v) is 14.3. The van der Waals surface area contributed by atoms with Gasteiger partial charge in [-0.3, -0.25) is 19.2 Å². The molecular weight excluding hydrogens is 659 g/mol. The van der Waals surface area contributed by atoms with Gasteiger partial charge in [0.05, 0.1) is 12.1 Å². The van der Waals surface area contributed by atoms with Gasteiger partial charge in [0.1, 0.15) is 21.4 Å². The fourth-order valence-electron chi connectivity index (χ4n) is 5.67. The number of amides is 4. The van der Waals surface area contributed by atoms with Crippen LogP contribution >= 0.6 is 22.7 Å². The predicted octanol–water partition coefficient (Wildman–Crippen LogP) is 5.03. The van der Waals surface area contributed by atoms with Crippen LogP contribution in [0.3, 0.4) is 0 Å². The van der Waals surface area contributed by atoms with Crippen LogP contribution in [-0.4, -0.2) is 58.1 Å². The van der Waals surface area contributed by atoms with Gasteiger partial charge >= 0.3 is 0 Å². The van der Waals surface area contributed by atoms with Crippen molar-refractivity contribution in [1.29, 1.82) is 0 Å². The lowest BCUT2D eigenvalue weighted by Crippen LogP contribution is -2.36. The molecule has 13 heteroatoms. The third-order valence-electron chi connectivity index (χ3n) is 8.15. The molecule has 1 aliphatic heterocycles. The number of fused-ring (bicyclic) bond motifs is 4. The summed E-state index contributed by atoms with van der Waals surface area (Å²) in [4.78, 5) is 64.5. The van der Waals surface area contributed by atoms with E-state index in [0.717, 1.165) is 11.1 Å². The van der Waals surface area contributed by atoms with E-state index in [0.29, 0.717) is 67.4 Å². The number of aromatic nitrogens is 2. The Kier molecular flexibility index (Phi) is 12.6. The molecule has 0 spiro atoms. The average Bonchev–Trinajstić information content (AvgIpc) is 3.80. The van der Waals surface area contributed by atoms with Crippen LogP contribution in [0.25, 0.3) is 0 Å². The summed E-state index contributed by atoms with van der Waals surface area (Å²) >= 11 is 2.65. The number of thiazole rings is 2. The maximum atomic E-state index is 13.6. The molecule has 4 bridgehead atoms. The topological polar surface area (TPSA) is 159 Å². The van der Waals surface area contributed by atoms with Crippen LogP contribution in [0.5, 0.6) is 0 Å². The van der Waals surface area contributed by atoms with E-state index < -0.39 is 6.04 Å². The zero-order valence-electron chi connectivity index (χ0n) is 27.8. The van der Waals surface area contributed by atoms with E-state index in [2.05, 4.69) is 39.8 Å². The van der Waals surface area contributed by atoms with Crippen LogP contribution in [-0.2, 0) is 17.8 Å². The summed E-state index contributed by atoms with van der Waals surface area (Å²) in [6.07, 6.45) is 2.30. The summed E-state index contributed by atoms with van der Waals surface area (Å²) < 4.78 is 0. The third-order valence-corrected chi connectivity index (χ3v) is 10.1. The van der Waals surface area contributed by atoms with Gasteiger partial charge in [0, 0.05) is 48.9 Å². The van der Waals surface area contributed by atoms with Gasteiger partial charge in [-0.25, -0.2) is 9.97 Å². The molecule has 2 atom stereocenters. The first-order chi connectivity index (χ1) is 23.7. The molecule has 0 saturated carbocycles. The van der Waals surface area contributed by atoms with Crippen LogP contribution < -0.4 is 21.7 Å². The van der Waals surface area contributed by atoms with Crippen molar-refractivity contribution in [3.8, 4) is 0 Å². The first-order valence-corrected chi connectivity index (χ1v) is 18.4. The van der Waals surface area contributed by atoms with Crippen LogP contribution in [0, 0.1) is 5.92 Å². The second kappa shape index (κ2) is 17.3. The van der Waals surface area contributed by atoms with Crippen LogP contribution in [0.4, 0.5) is 0 Å². The molecule has 5 rings (SSSR count). The van der Waals surface area contributed by atoms with Crippen LogP contribution in [0.15, 0.2) is 65.4 Å². The third kappa shape index (κ3) is 10.0. The summed E-state index contributed by atoms with van der Waals surface area (Å²) in [7, 11) is 0. The van der Waals surface area contributed by atoms with E-state index in [4.69, 9.17) is 5.73 Å². The molecule has 0 aliphatic carbocycles. The number of hydrogen-bond donors (Lipinski definition) is 4. The minimum absolute atomic E-state index is 0.148. The molecule has 1 unspecified atom stereocenters. The molecule has 0 fully saturated rings. The highest BCUT2D eigenvalue weighted by molar-refractivity contribution is 7.10. The second-order valence-electron chi connectivity index (χ2n) is 12.5. The Morgan fingerprint density at radius 2 is 1.55 bits per heavy atom. The zero-order valence-corrected chi connectivity index (χ0v) is 29.4. The summed E-state index contributed by atoms with van der Waals surface area (Å²) in [6, 6.07) is 16.2. The molecule has 4 amide bonds. The number of nitrogens with two attached hydrogens (primary N) is 1. The molecular formula is C36H43N7O4S2. The lowest BCUT2D eigenvalue weighted by atomic mass is 10.0. The molecule has 11 nitrogen and oxygen atoms in total. The lowest BCUT2D eigenvalue weighted by molar-refractivity contribution is -0.122. The molecule has 1 aliphatic rings. The molecule has 4 aromatic rings. The van der Waals surface area contributed by atoms with Gasteiger partial charge in [-0.05, 0) is 54.9 Å². The maximum Gasteiger partial charge on any atom is 0.271 e. The van der Waals surface area contributed by atoms with Crippen molar-refractivity contribution in [1.82, 2.24) is 30.8 Å². The first kappa shape index (κ1) is 35.8. The zero-order chi connectivity index (χ0) is 34.8. The van der Waals surface area contributed by atoms with Gasteiger partial charge in [-0.15, -0.1) is 22.7 Å². The van der Waals surface area contributed by atoms with E-state index >= 15 is 0 Å². The van der Waals surface area contributed by atoms with Crippen molar-refractivity contribution in [2.45, 2.75) is 64.6 Å². The van der Waals surface area contributed by atoms with Gasteiger partial charge in [0.2, 0.25) is 5.91 Å². The number of nitrogens with one attached hydrogen (secondary N) is 3. The van der Waals surface area contributed by atoms with Gasteiger partial charge in [-0.2, -0.15) is 0 Å². The van der Waals surface area contributed by atoms with Crippen molar-refractivity contribution in [3.05, 3.63) is 103 Å². The van der Waals surface area contributed by atoms with Crippen molar-refractivity contribution < 1.29 is 19.2 Å². The van der Waals surface area contributed by atoms with Crippen molar-refractivity contribution in [3.63, 3.8) is 0 Å². The highest BCUT2D eigenvalue weighted by atomic mass is 32.1. The fraction of sp³-hybridized carbons (Fsp3) is 0.389. The SMILES string of the molecule is CC(C)CC1NC(=O)CCCN(C(=O)c2cccc(CN)c2)CCCNC(=O)c2csc(n2)[C@H](Cc2ccccc2)NC(=O)c2csc1n2. The van der Waals surface area contributed by atoms with Gasteiger partial charge in [-0.1, -0.05) is 56.3 Å². The van der Waals surface area contributed by atoms with E-state index in [9.17, 15) is 19.2 Å². The largest absolute Gasteiger partial charge is 0.351 e. The van der Waals surface area contributed by atoms with E-state index in [1.165, 1.54) is 22.7 Å². The minimum Gasteiger partial charge on any atom is -0.351 e. The number of carbonyl (C=O) groups excluding carboxylic acids is 4. The van der Waals surface area contributed by atoms with E-state index in [1.807, 2.05) is 42.5 Å². The number of carbonyl (C=O) groups is 4. The summed E-state index contributed by atoms with van der Waals surface area (Å²) in [5.74, 6) is -0.719. The highest BCUT2D eigenvalue weighted by Crippen LogP contribution is 2.27. The summed E-state index contributed by atoms with van der Waals surface area (Å²) in [5, 5.41) is 13.8. The smallest absolute Gasteiger partial charge is 0.271 e. The van der Waals surface area contributed by atoms with Crippen molar-refractivity contribution in [2.75, 3.05) is 19.6 Å². The van der Waals surface area contributed by atoms with Crippen molar-refractivity contribution >= 4 is 46.3 Å². The Hall–Kier alpha value is -4.46. The number of benzene rings is 2. The Bertz CT molecular complexity index is 1740. The first-order valence-electron chi connectivity index (χ1n) is 16.6. The number of rotatable bonds is 6. The Labute approximate surface area is 294 Å². The predicted molar refractivity (Wildman–Crippen MR) is 191 cm³/mol. The van der Waals surface area contributed by atoms with Crippen LogP contribution in [0.1, 0.15) is 104 Å². The Morgan fingerprint density at radius 3 is 2.27 bits per heavy atom. The molecule has 2 aromatic carbocycles. The highest BCUT2D eigenvalue weighted by Gasteiger charge is 2.26. The summed E-state index contributed by atoms with van der Waals surface area (Å²) in [5.41, 5.74) is 8.74. The molecule has 258 valence electrons. The Balaban J connectivity index is 1.41. The molecule has 49 heavy (non-hydrogen) atoms. The monoisotopic (exact) mass is 701 g/mol. The lowest BCUT2D eigenvalue weighted by Gasteiger charge is -2.24. The standard InChI is InChI=1S/C36H43N7O4S2/c1-23(2)17-27-34-42-30(22-49-34)33(46)40-28(19-24-9-4-3-5-10-24)35-41-29(21-48-35)32(45)38-14-8-16-43(15-7-13-31(44)39-27)36(47)26-12-6-11-25(18-26)20-37/h3-6,9-12,18,21-23,27-28H,7-8,13-17,19-20,37H2,1-2H3,(H,38,45)(H,39,44)(H,40,46)/t27?,28-/m0/s1. The number of hydrogen-bond acceptors (Lipinski definition) is 9. The van der Waals surface area contributed by atoms with Crippen molar-refractivity contribution in [2.24, 2.45) is 11.7 Å². The molecule has 0 saturated heterocycles. The molecule has 3 heterocycles. The molecule has 5 N–H and O–H groups in total. The van der Waals surface area contributed by atoms with Crippen LogP contribution in [0.2, 0.25) is 0 Å². The van der Waals surface area contributed by atoms with Gasteiger partial charge in [0.25, 0.3) is 17.7 Å². The molecule has 2 aromatic heterocycles.